The summed E-state index contributed by atoms with van der Waals surface area (Å²) in [5, 5.41) is 14.2. The van der Waals surface area contributed by atoms with E-state index in [-0.39, 0.29) is 12.6 Å². The van der Waals surface area contributed by atoms with Crippen LogP contribution < -0.4 is 5.32 Å². The van der Waals surface area contributed by atoms with Crippen LogP contribution in [0.3, 0.4) is 0 Å². The maximum absolute atomic E-state index is 12.4. The lowest BCUT2D eigenvalue weighted by atomic mass is 9.69. The number of rotatable bonds is 6. The molecule has 21 heavy (non-hydrogen) atoms. The van der Waals surface area contributed by atoms with Crippen molar-refractivity contribution in [1.82, 2.24) is 10.2 Å². The van der Waals surface area contributed by atoms with Gasteiger partial charge in [-0.2, -0.15) is 0 Å². The SMILES string of the molecule is O=C(NCC1(C(=O)O)CCC1)N(Cc1cccs1)C1CC1. The van der Waals surface area contributed by atoms with Gasteiger partial charge in [0.2, 0.25) is 0 Å². The molecule has 1 aromatic heterocycles. The Morgan fingerprint density at radius 1 is 1.43 bits per heavy atom. The monoisotopic (exact) mass is 308 g/mol. The molecule has 6 heteroatoms. The smallest absolute Gasteiger partial charge is 0.318 e. The van der Waals surface area contributed by atoms with Crippen LogP contribution in [0, 0.1) is 5.41 Å². The van der Waals surface area contributed by atoms with Gasteiger partial charge < -0.3 is 15.3 Å². The first-order valence-electron chi connectivity index (χ1n) is 7.41. The molecule has 1 heterocycles. The summed E-state index contributed by atoms with van der Waals surface area (Å²) in [6, 6.07) is 4.20. The molecule has 0 aliphatic heterocycles. The van der Waals surface area contributed by atoms with Gasteiger partial charge in [0.25, 0.3) is 0 Å². The first-order valence-corrected chi connectivity index (χ1v) is 8.29. The number of hydrogen-bond acceptors (Lipinski definition) is 3. The van der Waals surface area contributed by atoms with Crippen LogP contribution in [0.25, 0.3) is 0 Å². The number of carbonyl (C=O) groups is 2. The lowest BCUT2D eigenvalue weighted by Crippen LogP contribution is -2.50. The fourth-order valence-corrected chi connectivity index (χ4v) is 3.44. The Labute approximate surface area is 128 Å². The van der Waals surface area contributed by atoms with Crippen molar-refractivity contribution >= 4 is 23.3 Å². The first-order chi connectivity index (χ1) is 10.1. The van der Waals surface area contributed by atoms with E-state index in [1.165, 1.54) is 0 Å². The molecule has 2 N–H and O–H groups in total. The Balaban J connectivity index is 1.58. The van der Waals surface area contributed by atoms with Crippen molar-refractivity contribution in [3.63, 3.8) is 0 Å². The predicted octanol–water partition coefficient (Wildman–Crippen LogP) is 2.68. The normalized spacial score (nSPS) is 19.6. The van der Waals surface area contributed by atoms with Crippen LogP contribution in [-0.4, -0.2) is 34.6 Å². The number of carboxylic acids is 1. The van der Waals surface area contributed by atoms with Crippen LogP contribution in [0.2, 0.25) is 0 Å². The lowest BCUT2D eigenvalue weighted by molar-refractivity contribution is -0.153. The van der Waals surface area contributed by atoms with Gasteiger partial charge in [0.05, 0.1) is 12.0 Å². The molecule has 5 nitrogen and oxygen atoms in total. The second-order valence-corrected chi connectivity index (χ2v) is 7.07. The number of nitrogens with zero attached hydrogens (tertiary/aromatic N) is 1. The topological polar surface area (TPSA) is 69.6 Å². The number of urea groups is 1. The second-order valence-electron chi connectivity index (χ2n) is 6.04. The van der Waals surface area contributed by atoms with Crippen molar-refractivity contribution in [2.24, 2.45) is 5.41 Å². The summed E-state index contributed by atoms with van der Waals surface area (Å²) in [7, 11) is 0. The minimum Gasteiger partial charge on any atom is -0.481 e. The van der Waals surface area contributed by atoms with Crippen molar-refractivity contribution in [2.45, 2.75) is 44.7 Å². The predicted molar refractivity (Wildman–Crippen MR) is 80.2 cm³/mol. The van der Waals surface area contributed by atoms with E-state index in [1.54, 1.807) is 11.3 Å². The zero-order valence-electron chi connectivity index (χ0n) is 11.9. The summed E-state index contributed by atoms with van der Waals surface area (Å²) >= 11 is 1.64. The highest BCUT2D eigenvalue weighted by Crippen LogP contribution is 2.40. The molecule has 0 atom stereocenters. The van der Waals surface area contributed by atoms with E-state index in [4.69, 9.17) is 0 Å². The maximum Gasteiger partial charge on any atom is 0.318 e. The van der Waals surface area contributed by atoms with Crippen LogP contribution >= 0.6 is 11.3 Å². The van der Waals surface area contributed by atoms with Crippen molar-refractivity contribution in [3.05, 3.63) is 22.4 Å². The third kappa shape index (κ3) is 3.05. The zero-order chi connectivity index (χ0) is 14.9. The third-order valence-corrected chi connectivity index (χ3v) is 5.36. The fraction of sp³-hybridized carbons (Fsp3) is 0.600. The molecule has 0 spiro atoms. The molecule has 0 aromatic carbocycles. The van der Waals surface area contributed by atoms with E-state index in [0.717, 1.165) is 24.1 Å². The Hall–Kier alpha value is -1.56. The van der Waals surface area contributed by atoms with Crippen molar-refractivity contribution < 1.29 is 14.7 Å². The van der Waals surface area contributed by atoms with Gasteiger partial charge in [-0.25, -0.2) is 4.79 Å². The molecule has 2 aliphatic carbocycles. The molecule has 0 unspecified atom stereocenters. The Morgan fingerprint density at radius 3 is 2.67 bits per heavy atom. The lowest BCUT2D eigenvalue weighted by Gasteiger charge is -2.38. The number of aliphatic carboxylic acids is 1. The molecular weight excluding hydrogens is 288 g/mol. The van der Waals surface area contributed by atoms with Gasteiger partial charge >= 0.3 is 12.0 Å². The number of carbonyl (C=O) groups excluding carboxylic acids is 1. The number of nitrogens with one attached hydrogen (secondary N) is 1. The largest absolute Gasteiger partial charge is 0.481 e. The molecule has 114 valence electrons. The van der Waals surface area contributed by atoms with Crippen LogP contribution in [0.15, 0.2) is 17.5 Å². The van der Waals surface area contributed by atoms with E-state index in [9.17, 15) is 14.7 Å². The van der Waals surface area contributed by atoms with Gasteiger partial charge in [-0.1, -0.05) is 12.5 Å². The number of hydrogen-bond donors (Lipinski definition) is 2. The van der Waals surface area contributed by atoms with Gasteiger partial charge in [-0.05, 0) is 37.1 Å². The van der Waals surface area contributed by atoms with Crippen LogP contribution in [-0.2, 0) is 11.3 Å². The minimum atomic E-state index is -0.787. The summed E-state index contributed by atoms with van der Waals surface area (Å²) in [6.45, 7) is 0.864. The highest BCUT2D eigenvalue weighted by molar-refractivity contribution is 7.09. The quantitative estimate of drug-likeness (QED) is 0.849. The van der Waals surface area contributed by atoms with Crippen molar-refractivity contribution in [3.8, 4) is 0 Å². The van der Waals surface area contributed by atoms with Gasteiger partial charge in [0.15, 0.2) is 0 Å². The summed E-state index contributed by atoms with van der Waals surface area (Å²) in [5.74, 6) is -0.787. The molecule has 2 fully saturated rings. The first kappa shape index (κ1) is 14.4. The van der Waals surface area contributed by atoms with E-state index in [2.05, 4.69) is 5.32 Å². The van der Waals surface area contributed by atoms with Gasteiger partial charge in [-0.15, -0.1) is 11.3 Å². The molecule has 0 bridgehead atoms. The minimum absolute atomic E-state index is 0.126. The van der Waals surface area contributed by atoms with Crippen molar-refractivity contribution in [1.29, 1.82) is 0 Å². The number of thiophene rings is 1. The van der Waals surface area contributed by atoms with Gasteiger partial charge in [-0.3, -0.25) is 4.79 Å². The van der Waals surface area contributed by atoms with E-state index in [1.807, 2.05) is 22.4 Å². The fourth-order valence-electron chi connectivity index (χ4n) is 2.74. The van der Waals surface area contributed by atoms with E-state index < -0.39 is 11.4 Å². The molecule has 2 aliphatic rings. The molecule has 0 saturated heterocycles. The molecular formula is C15H20N2O3S. The maximum atomic E-state index is 12.4. The average Bonchev–Trinajstić information content (AvgIpc) is 3.11. The number of carboxylic acid groups (broad SMARTS) is 1. The Morgan fingerprint density at radius 2 is 2.19 bits per heavy atom. The van der Waals surface area contributed by atoms with Crippen LogP contribution in [0.1, 0.15) is 37.0 Å². The van der Waals surface area contributed by atoms with E-state index in [0.29, 0.717) is 25.4 Å². The standard InChI is InChI=1S/C15H20N2O3S/c18-13(19)15(6-2-7-15)10-16-14(20)17(11-4-5-11)9-12-3-1-8-21-12/h1,3,8,11H,2,4-7,9-10H2,(H,16,20)(H,18,19). The third-order valence-electron chi connectivity index (χ3n) is 4.50. The molecule has 0 radical (unpaired) electrons. The average molecular weight is 308 g/mol. The Bertz CT molecular complexity index is 521. The molecule has 3 rings (SSSR count). The zero-order valence-corrected chi connectivity index (χ0v) is 12.7. The summed E-state index contributed by atoms with van der Waals surface area (Å²) in [4.78, 5) is 26.7. The summed E-state index contributed by atoms with van der Waals surface area (Å²) < 4.78 is 0. The molecule has 2 amide bonds. The van der Waals surface area contributed by atoms with Crippen molar-refractivity contribution in [2.75, 3.05) is 6.54 Å². The summed E-state index contributed by atoms with van der Waals surface area (Å²) in [6.07, 6.45) is 4.35. The van der Waals surface area contributed by atoms with Crippen LogP contribution in [0.4, 0.5) is 4.79 Å². The van der Waals surface area contributed by atoms with E-state index >= 15 is 0 Å². The molecule has 1 aromatic rings. The second kappa shape index (κ2) is 5.67. The van der Waals surface area contributed by atoms with Gasteiger partial charge in [0.1, 0.15) is 0 Å². The molecule has 2 saturated carbocycles. The summed E-state index contributed by atoms with van der Waals surface area (Å²) in [5.41, 5.74) is -0.728. The highest BCUT2D eigenvalue weighted by atomic mass is 32.1. The number of amides is 2. The highest BCUT2D eigenvalue weighted by Gasteiger charge is 2.45. The Kier molecular flexibility index (Phi) is 3.89. The van der Waals surface area contributed by atoms with Crippen LogP contribution in [0.5, 0.6) is 0 Å². The van der Waals surface area contributed by atoms with Gasteiger partial charge in [0, 0.05) is 17.5 Å².